The molecule has 7 heteroatoms. The van der Waals surface area contributed by atoms with Gasteiger partial charge in [0.05, 0.1) is 10.5 Å². The Balaban J connectivity index is 3.45. The van der Waals surface area contributed by atoms with E-state index in [1.54, 1.807) is 37.8 Å². The summed E-state index contributed by atoms with van der Waals surface area (Å²) < 4.78 is 0. The first kappa shape index (κ1) is 21.6. The van der Waals surface area contributed by atoms with Crippen molar-refractivity contribution in [3.8, 4) is 0 Å². The number of hydrogen-bond donors (Lipinski definition) is 2. The fraction of sp³-hybridized carbons (Fsp3) is 0.526. The van der Waals surface area contributed by atoms with E-state index in [2.05, 4.69) is 0 Å². The monoisotopic (exact) mass is 364 g/mol. The standard InChI is InChI=1S/C19H28N2O5/c1-6-14(10-18(22)23)15-7-8-16(17(9-15)21(25)26)20(11-13(2)3)12-19(4,5)24/h7-10,13,24H,6,11-12H2,1-5H3,(H,22,23)/b14-10-. The Hall–Kier alpha value is -2.41. The normalized spacial score (nSPS) is 12.3. The molecular formula is C19H28N2O5. The van der Waals surface area contributed by atoms with E-state index < -0.39 is 16.5 Å². The molecule has 0 aromatic heterocycles. The molecule has 0 aliphatic heterocycles. The highest BCUT2D eigenvalue weighted by atomic mass is 16.6. The average molecular weight is 364 g/mol. The van der Waals surface area contributed by atoms with Crippen LogP contribution < -0.4 is 4.90 Å². The van der Waals surface area contributed by atoms with Crippen molar-refractivity contribution in [3.63, 3.8) is 0 Å². The van der Waals surface area contributed by atoms with E-state index in [1.165, 1.54) is 6.07 Å². The number of aliphatic carboxylic acids is 1. The summed E-state index contributed by atoms with van der Waals surface area (Å²) >= 11 is 0. The fourth-order valence-electron chi connectivity index (χ4n) is 2.83. The lowest BCUT2D eigenvalue weighted by atomic mass is 10.0. The molecule has 0 spiro atoms. The highest BCUT2D eigenvalue weighted by Gasteiger charge is 2.26. The van der Waals surface area contributed by atoms with Gasteiger partial charge in [0.1, 0.15) is 5.69 Å². The van der Waals surface area contributed by atoms with Crippen LogP contribution in [-0.4, -0.2) is 39.8 Å². The number of rotatable bonds is 9. The van der Waals surface area contributed by atoms with Crippen LogP contribution in [0.15, 0.2) is 24.3 Å². The average Bonchev–Trinajstić information content (AvgIpc) is 2.49. The lowest BCUT2D eigenvalue weighted by Gasteiger charge is -2.32. The smallest absolute Gasteiger partial charge is 0.328 e. The van der Waals surface area contributed by atoms with E-state index in [1.807, 2.05) is 13.8 Å². The van der Waals surface area contributed by atoms with Gasteiger partial charge >= 0.3 is 5.97 Å². The van der Waals surface area contributed by atoms with Crippen molar-refractivity contribution in [2.45, 2.75) is 46.6 Å². The first-order valence-electron chi connectivity index (χ1n) is 8.64. The lowest BCUT2D eigenvalue weighted by molar-refractivity contribution is -0.384. The Morgan fingerprint density at radius 3 is 2.42 bits per heavy atom. The molecule has 144 valence electrons. The molecule has 0 aliphatic rings. The molecule has 0 atom stereocenters. The molecule has 0 bridgehead atoms. The van der Waals surface area contributed by atoms with Crippen LogP contribution in [0, 0.1) is 16.0 Å². The molecule has 0 amide bonds. The molecule has 0 fully saturated rings. The van der Waals surface area contributed by atoms with E-state index in [0.29, 0.717) is 29.8 Å². The maximum absolute atomic E-state index is 11.6. The number of nitrogens with zero attached hydrogens (tertiary/aromatic N) is 2. The second kappa shape index (κ2) is 8.80. The summed E-state index contributed by atoms with van der Waals surface area (Å²) in [5.41, 5.74) is 0.333. The van der Waals surface area contributed by atoms with Gasteiger partial charge in [-0.3, -0.25) is 10.1 Å². The topological polar surface area (TPSA) is 104 Å². The van der Waals surface area contributed by atoms with Crippen molar-refractivity contribution in [2.75, 3.05) is 18.0 Å². The van der Waals surface area contributed by atoms with Crippen molar-refractivity contribution in [1.29, 1.82) is 0 Å². The van der Waals surface area contributed by atoms with Crippen LogP contribution >= 0.6 is 0 Å². The zero-order chi connectivity index (χ0) is 20.1. The third-order valence-corrected chi connectivity index (χ3v) is 3.73. The largest absolute Gasteiger partial charge is 0.478 e. The van der Waals surface area contributed by atoms with E-state index >= 15 is 0 Å². The number of aliphatic hydroxyl groups is 1. The van der Waals surface area contributed by atoms with E-state index in [0.717, 1.165) is 6.08 Å². The van der Waals surface area contributed by atoms with Crippen molar-refractivity contribution in [1.82, 2.24) is 0 Å². The fourth-order valence-corrected chi connectivity index (χ4v) is 2.83. The van der Waals surface area contributed by atoms with Crippen LogP contribution in [0.2, 0.25) is 0 Å². The molecule has 26 heavy (non-hydrogen) atoms. The van der Waals surface area contributed by atoms with Gasteiger partial charge in [0.25, 0.3) is 5.69 Å². The van der Waals surface area contributed by atoms with Gasteiger partial charge in [-0.15, -0.1) is 0 Å². The summed E-state index contributed by atoms with van der Waals surface area (Å²) in [4.78, 5) is 23.9. The van der Waals surface area contributed by atoms with Gasteiger partial charge in [-0.25, -0.2) is 4.79 Å². The zero-order valence-corrected chi connectivity index (χ0v) is 16.0. The number of carbonyl (C=O) groups is 1. The maximum Gasteiger partial charge on any atom is 0.328 e. The van der Waals surface area contributed by atoms with Crippen molar-refractivity contribution < 1.29 is 19.9 Å². The van der Waals surface area contributed by atoms with E-state index in [-0.39, 0.29) is 18.2 Å². The molecular weight excluding hydrogens is 336 g/mol. The summed E-state index contributed by atoms with van der Waals surface area (Å²) in [6.07, 6.45) is 1.52. The van der Waals surface area contributed by atoms with Crippen molar-refractivity contribution in [3.05, 3.63) is 40.0 Å². The Morgan fingerprint density at radius 1 is 1.38 bits per heavy atom. The predicted octanol–water partition coefficient (Wildman–Crippen LogP) is 3.71. The van der Waals surface area contributed by atoms with Gasteiger partial charge in [-0.05, 0) is 43.4 Å². The number of benzene rings is 1. The van der Waals surface area contributed by atoms with Crippen LogP contribution in [0.4, 0.5) is 11.4 Å². The molecule has 0 heterocycles. The number of nitro benzene ring substituents is 1. The van der Waals surface area contributed by atoms with Gasteiger partial charge in [-0.1, -0.05) is 26.8 Å². The summed E-state index contributed by atoms with van der Waals surface area (Å²) in [5, 5.41) is 30.8. The number of allylic oxidation sites excluding steroid dienone is 1. The van der Waals surface area contributed by atoms with Crippen LogP contribution in [0.5, 0.6) is 0 Å². The molecule has 2 N–H and O–H groups in total. The molecule has 0 saturated heterocycles. The van der Waals surface area contributed by atoms with E-state index in [9.17, 15) is 20.0 Å². The van der Waals surface area contributed by atoms with Crippen molar-refractivity contribution in [2.24, 2.45) is 5.92 Å². The second-order valence-electron chi connectivity index (χ2n) is 7.41. The summed E-state index contributed by atoms with van der Waals surface area (Å²) in [6, 6.07) is 4.73. The van der Waals surface area contributed by atoms with Crippen LogP contribution in [0.25, 0.3) is 5.57 Å². The minimum Gasteiger partial charge on any atom is -0.478 e. The Kier molecular flexibility index (Phi) is 7.32. The Bertz CT molecular complexity index is 690. The number of carboxylic acids is 1. The summed E-state index contributed by atoms with van der Waals surface area (Å²) in [7, 11) is 0. The predicted molar refractivity (Wildman–Crippen MR) is 102 cm³/mol. The SMILES string of the molecule is CC/C(=C/C(=O)O)c1ccc(N(CC(C)C)CC(C)(C)O)c([N+](=O)[O-])c1. The molecule has 1 aromatic carbocycles. The first-order chi connectivity index (χ1) is 11.9. The number of nitro groups is 1. The van der Waals surface area contributed by atoms with E-state index in [4.69, 9.17) is 5.11 Å². The summed E-state index contributed by atoms with van der Waals surface area (Å²) in [6.45, 7) is 9.92. The van der Waals surface area contributed by atoms with Gasteiger partial charge in [0.15, 0.2) is 0 Å². The Morgan fingerprint density at radius 2 is 2.00 bits per heavy atom. The highest BCUT2D eigenvalue weighted by Crippen LogP contribution is 2.33. The third kappa shape index (κ3) is 6.48. The van der Waals surface area contributed by atoms with Crippen LogP contribution in [0.1, 0.15) is 46.6 Å². The summed E-state index contributed by atoms with van der Waals surface area (Å²) in [5.74, 6) is -0.841. The lowest BCUT2D eigenvalue weighted by Crippen LogP contribution is -2.40. The van der Waals surface area contributed by atoms with Crippen LogP contribution in [0.3, 0.4) is 0 Å². The molecule has 7 nitrogen and oxygen atoms in total. The van der Waals surface area contributed by atoms with Gasteiger partial charge in [-0.2, -0.15) is 0 Å². The maximum atomic E-state index is 11.6. The number of anilines is 1. The molecule has 0 saturated carbocycles. The molecule has 0 radical (unpaired) electrons. The minimum atomic E-state index is -1.09. The molecule has 1 rings (SSSR count). The highest BCUT2D eigenvalue weighted by molar-refractivity contribution is 5.90. The van der Waals surface area contributed by atoms with Crippen LogP contribution in [-0.2, 0) is 4.79 Å². The number of hydrogen-bond acceptors (Lipinski definition) is 5. The van der Waals surface area contributed by atoms with Gasteiger partial charge in [0, 0.05) is 25.2 Å². The first-order valence-corrected chi connectivity index (χ1v) is 8.64. The molecule has 0 unspecified atom stereocenters. The number of carboxylic acid groups (broad SMARTS) is 1. The quantitative estimate of drug-likeness (QED) is 0.393. The zero-order valence-electron chi connectivity index (χ0n) is 16.0. The Labute approximate surface area is 154 Å². The molecule has 0 aliphatic carbocycles. The minimum absolute atomic E-state index is 0.0999. The van der Waals surface area contributed by atoms with Gasteiger partial charge < -0.3 is 15.1 Å². The second-order valence-corrected chi connectivity index (χ2v) is 7.41. The third-order valence-electron chi connectivity index (χ3n) is 3.73. The van der Waals surface area contributed by atoms with Gasteiger partial charge in [0.2, 0.25) is 0 Å². The molecule has 1 aromatic rings. The van der Waals surface area contributed by atoms with Crippen molar-refractivity contribution >= 4 is 22.9 Å².